The van der Waals surface area contributed by atoms with Crippen molar-refractivity contribution in [2.45, 2.75) is 37.6 Å². The summed E-state index contributed by atoms with van der Waals surface area (Å²) in [5.41, 5.74) is 5.63. The Morgan fingerprint density at radius 3 is 3.00 bits per heavy atom. The topological polar surface area (TPSA) is 42.7 Å². The van der Waals surface area contributed by atoms with Crippen molar-refractivity contribution in [1.82, 2.24) is 19.9 Å². The zero-order valence-electron chi connectivity index (χ0n) is 10.7. The lowest BCUT2D eigenvalue weighted by atomic mass is 9.76. The molecule has 0 aromatic carbocycles. The maximum atomic E-state index is 4.57. The number of hydrogen-bond acceptors (Lipinski definition) is 3. The molecule has 2 aliphatic rings. The fourth-order valence-corrected chi connectivity index (χ4v) is 3.96. The average molecular weight is 242 g/mol. The first-order valence-electron chi connectivity index (χ1n) is 6.80. The van der Waals surface area contributed by atoms with Crippen molar-refractivity contribution < 1.29 is 0 Å². The van der Waals surface area contributed by atoms with Crippen LogP contribution in [0, 0.1) is 0 Å². The summed E-state index contributed by atoms with van der Waals surface area (Å²) in [5, 5.41) is 3.61. The number of nitrogens with zero attached hydrogens (tertiary/aromatic N) is 3. The van der Waals surface area contributed by atoms with Gasteiger partial charge < -0.3 is 9.88 Å². The molecule has 2 aromatic heterocycles. The van der Waals surface area contributed by atoms with Crippen molar-refractivity contribution in [3.8, 4) is 0 Å². The Labute approximate surface area is 106 Å². The lowest BCUT2D eigenvalue weighted by molar-refractivity contribution is 0.374. The number of fused-ring (bicyclic) bond motifs is 4. The third-order valence-corrected chi connectivity index (χ3v) is 4.83. The molecule has 94 valence electrons. The highest BCUT2D eigenvalue weighted by atomic mass is 15.0. The number of hydrogen-bond donors (Lipinski definition) is 1. The molecular weight excluding hydrogens is 224 g/mol. The van der Waals surface area contributed by atoms with E-state index in [1.807, 2.05) is 6.20 Å². The van der Waals surface area contributed by atoms with E-state index in [0.29, 0.717) is 5.41 Å². The van der Waals surface area contributed by atoms with Crippen LogP contribution < -0.4 is 5.32 Å². The van der Waals surface area contributed by atoms with Crippen LogP contribution in [0.3, 0.4) is 0 Å². The van der Waals surface area contributed by atoms with E-state index in [1.165, 1.54) is 48.0 Å². The minimum absolute atomic E-state index is 0.335. The SMILES string of the molecule is Cn1c2c(c3ncncc31)C1(CCCC1)CNC2. The van der Waals surface area contributed by atoms with Crippen molar-refractivity contribution in [3.05, 3.63) is 23.8 Å². The van der Waals surface area contributed by atoms with Crippen LogP contribution in [0.5, 0.6) is 0 Å². The number of nitrogens with one attached hydrogen (secondary N) is 1. The maximum Gasteiger partial charge on any atom is 0.116 e. The molecule has 1 saturated carbocycles. The van der Waals surface area contributed by atoms with Crippen LogP contribution in [0.4, 0.5) is 0 Å². The van der Waals surface area contributed by atoms with E-state index in [-0.39, 0.29) is 0 Å². The summed E-state index contributed by atoms with van der Waals surface area (Å²) in [7, 11) is 2.14. The van der Waals surface area contributed by atoms with E-state index >= 15 is 0 Å². The molecule has 0 radical (unpaired) electrons. The summed E-state index contributed by atoms with van der Waals surface area (Å²) in [5.74, 6) is 0. The number of aromatic nitrogens is 3. The standard InChI is InChI=1S/C14H18N4/c1-18-10-6-15-8-14(4-2-3-5-14)12(10)13-11(18)7-16-9-17-13/h7,9,15H,2-6,8H2,1H3. The highest BCUT2D eigenvalue weighted by Crippen LogP contribution is 2.46. The van der Waals surface area contributed by atoms with Crippen molar-refractivity contribution in [2.75, 3.05) is 6.54 Å². The Bertz CT molecular complexity index is 608. The Morgan fingerprint density at radius 1 is 1.33 bits per heavy atom. The normalized spacial score (nSPS) is 21.6. The first-order chi connectivity index (χ1) is 8.82. The van der Waals surface area contributed by atoms with Crippen molar-refractivity contribution in [3.63, 3.8) is 0 Å². The molecule has 2 aromatic rings. The van der Waals surface area contributed by atoms with Gasteiger partial charge in [-0.05, 0) is 12.8 Å². The van der Waals surface area contributed by atoms with E-state index < -0.39 is 0 Å². The second kappa shape index (κ2) is 3.54. The van der Waals surface area contributed by atoms with Gasteiger partial charge in [-0.3, -0.25) is 0 Å². The van der Waals surface area contributed by atoms with Crippen LogP contribution in [0.25, 0.3) is 11.0 Å². The molecule has 1 aliphatic heterocycles. The molecule has 0 bridgehead atoms. The van der Waals surface area contributed by atoms with Crippen molar-refractivity contribution in [1.29, 1.82) is 0 Å². The molecule has 0 atom stereocenters. The van der Waals surface area contributed by atoms with Crippen LogP contribution in [-0.2, 0) is 19.0 Å². The summed E-state index contributed by atoms with van der Waals surface area (Å²) in [6.07, 6.45) is 8.94. The van der Waals surface area contributed by atoms with Crippen LogP contribution in [0.15, 0.2) is 12.5 Å². The van der Waals surface area contributed by atoms with E-state index in [1.54, 1.807) is 6.33 Å². The van der Waals surface area contributed by atoms with Gasteiger partial charge in [0.1, 0.15) is 6.33 Å². The Kier molecular flexibility index (Phi) is 2.07. The first kappa shape index (κ1) is 10.5. The summed E-state index contributed by atoms with van der Waals surface area (Å²) in [4.78, 5) is 8.75. The molecule has 1 spiro atoms. The molecule has 0 saturated heterocycles. The van der Waals surface area contributed by atoms with Crippen LogP contribution >= 0.6 is 0 Å². The summed E-state index contributed by atoms with van der Waals surface area (Å²) >= 11 is 0. The lowest BCUT2D eigenvalue weighted by Crippen LogP contribution is -2.41. The van der Waals surface area contributed by atoms with Gasteiger partial charge in [0, 0.05) is 36.8 Å². The molecule has 1 fully saturated rings. The van der Waals surface area contributed by atoms with E-state index in [0.717, 1.165) is 13.1 Å². The predicted octanol–water partition coefficient (Wildman–Crippen LogP) is 1.88. The monoisotopic (exact) mass is 242 g/mol. The van der Waals surface area contributed by atoms with Gasteiger partial charge >= 0.3 is 0 Å². The molecule has 4 nitrogen and oxygen atoms in total. The minimum Gasteiger partial charge on any atom is -0.344 e. The smallest absolute Gasteiger partial charge is 0.116 e. The Morgan fingerprint density at radius 2 is 2.17 bits per heavy atom. The van der Waals surface area contributed by atoms with Gasteiger partial charge in [-0.1, -0.05) is 12.8 Å². The third kappa shape index (κ3) is 1.19. The van der Waals surface area contributed by atoms with Gasteiger partial charge in [-0.25, -0.2) is 9.97 Å². The molecule has 1 N–H and O–H groups in total. The predicted molar refractivity (Wildman–Crippen MR) is 70.4 cm³/mol. The van der Waals surface area contributed by atoms with Gasteiger partial charge in [-0.15, -0.1) is 0 Å². The maximum absolute atomic E-state index is 4.57. The van der Waals surface area contributed by atoms with Gasteiger partial charge in [0.2, 0.25) is 0 Å². The van der Waals surface area contributed by atoms with E-state index in [9.17, 15) is 0 Å². The number of aryl methyl sites for hydroxylation is 1. The molecular formula is C14H18N4. The van der Waals surface area contributed by atoms with E-state index in [2.05, 4.69) is 26.9 Å². The summed E-state index contributed by atoms with van der Waals surface area (Å²) in [6.45, 7) is 2.08. The molecule has 0 unspecified atom stereocenters. The largest absolute Gasteiger partial charge is 0.344 e. The van der Waals surface area contributed by atoms with Gasteiger partial charge in [-0.2, -0.15) is 0 Å². The number of rotatable bonds is 0. The summed E-state index contributed by atoms with van der Waals surface area (Å²) in [6, 6.07) is 0. The van der Waals surface area contributed by atoms with E-state index in [4.69, 9.17) is 0 Å². The minimum atomic E-state index is 0.335. The van der Waals surface area contributed by atoms with Crippen LogP contribution in [-0.4, -0.2) is 21.1 Å². The van der Waals surface area contributed by atoms with Gasteiger partial charge in [0.05, 0.1) is 17.2 Å². The fourth-order valence-electron chi connectivity index (χ4n) is 3.96. The zero-order valence-corrected chi connectivity index (χ0v) is 10.7. The molecule has 0 amide bonds. The molecule has 1 aliphatic carbocycles. The fraction of sp³-hybridized carbons (Fsp3) is 0.571. The second-order valence-corrected chi connectivity index (χ2v) is 5.73. The highest BCUT2D eigenvalue weighted by Gasteiger charge is 2.42. The molecule has 4 rings (SSSR count). The molecule has 18 heavy (non-hydrogen) atoms. The zero-order chi connectivity index (χ0) is 12.2. The molecule has 3 heterocycles. The first-order valence-corrected chi connectivity index (χ1v) is 6.80. The third-order valence-electron chi connectivity index (χ3n) is 4.83. The molecule has 4 heteroatoms. The average Bonchev–Trinajstić information content (AvgIpc) is 2.97. The highest BCUT2D eigenvalue weighted by molar-refractivity contribution is 5.82. The lowest BCUT2D eigenvalue weighted by Gasteiger charge is -2.34. The van der Waals surface area contributed by atoms with Gasteiger partial charge in [0.25, 0.3) is 0 Å². The summed E-state index contributed by atoms with van der Waals surface area (Å²) < 4.78 is 2.27. The van der Waals surface area contributed by atoms with Crippen LogP contribution in [0.2, 0.25) is 0 Å². The van der Waals surface area contributed by atoms with Gasteiger partial charge in [0.15, 0.2) is 0 Å². The van der Waals surface area contributed by atoms with Crippen LogP contribution in [0.1, 0.15) is 36.9 Å². The van der Waals surface area contributed by atoms with Crippen molar-refractivity contribution in [2.24, 2.45) is 7.05 Å². The Hall–Kier alpha value is -1.42. The second-order valence-electron chi connectivity index (χ2n) is 5.73. The quantitative estimate of drug-likeness (QED) is 0.767. The van der Waals surface area contributed by atoms with Crippen molar-refractivity contribution >= 4 is 11.0 Å². The Balaban J connectivity index is 2.07.